The lowest BCUT2D eigenvalue weighted by Gasteiger charge is -2.14. The lowest BCUT2D eigenvalue weighted by Crippen LogP contribution is -2.37. The maximum Gasteiger partial charge on any atom is 0.262 e. The smallest absolute Gasteiger partial charge is 0.262 e. The molecule has 2 aromatic carbocycles. The molecule has 0 saturated heterocycles. The Morgan fingerprint density at radius 2 is 1.59 bits per heavy atom. The summed E-state index contributed by atoms with van der Waals surface area (Å²) in [6.45, 7) is 3.41. The molecule has 3 heterocycles. The number of benzene rings is 2. The number of nitrogens with one attached hydrogen (secondary N) is 1. The molecule has 8 nitrogen and oxygen atoms in total. The highest BCUT2D eigenvalue weighted by molar-refractivity contribution is 6.22. The van der Waals surface area contributed by atoms with Gasteiger partial charge in [-0.05, 0) is 43.7 Å². The van der Waals surface area contributed by atoms with Crippen LogP contribution >= 0.6 is 0 Å². The van der Waals surface area contributed by atoms with E-state index in [4.69, 9.17) is 0 Å². The normalized spacial score (nSPS) is 13.0. The zero-order valence-corrected chi connectivity index (χ0v) is 17.5. The second-order valence-corrected chi connectivity index (χ2v) is 7.69. The predicted octanol–water partition coefficient (Wildman–Crippen LogP) is 3.27. The van der Waals surface area contributed by atoms with Crippen molar-refractivity contribution in [3.63, 3.8) is 0 Å². The Balaban J connectivity index is 1.41. The second kappa shape index (κ2) is 7.42. The largest absolute Gasteiger partial charge is 0.309 e. The SMILES string of the molecule is Cc1cc(NC(=O)CN2C(=O)c3ccccc3C2=O)n(-c2cc(C)c3ccccc3n2)n1. The molecular formula is C24H19N5O3. The zero-order chi connectivity index (χ0) is 22.4. The highest BCUT2D eigenvalue weighted by Crippen LogP contribution is 2.24. The van der Waals surface area contributed by atoms with Crippen LogP contribution in [-0.4, -0.2) is 43.9 Å². The van der Waals surface area contributed by atoms with Gasteiger partial charge in [0, 0.05) is 11.5 Å². The fourth-order valence-electron chi connectivity index (χ4n) is 3.91. The second-order valence-electron chi connectivity index (χ2n) is 7.69. The number of imide groups is 1. The van der Waals surface area contributed by atoms with Gasteiger partial charge >= 0.3 is 0 Å². The van der Waals surface area contributed by atoms with E-state index in [1.54, 1.807) is 35.0 Å². The van der Waals surface area contributed by atoms with E-state index in [2.05, 4.69) is 15.4 Å². The van der Waals surface area contributed by atoms with Crippen LogP contribution in [0.2, 0.25) is 0 Å². The lowest BCUT2D eigenvalue weighted by atomic mass is 10.1. The summed E-state index contributed by atoms with van der Waals surface area (Å²) in [4.78, 5) is 43.5. The number of pyridine rings is 1. The van der Waals surface area contributed by atoms with Crippen LogP contribution in [0.1, 0.15) is 32.0 Å². The quantitative estimate of drug-likeness (QED) is 0.506. The molecule has 1 aliphatic heterocycles. The van der Waals surface area contributed by atoms with E-state index in [0.717, 1.165) is 21.4 Å². The molecule has 0 fully saturated rings. The van der Waals surface area contributed by atoms with Gasteiger partial charge in [-0.1, -0.05) is 30.3 Å². The van der Waals surface area contributed by atoms with Crippen LogP contribution in [0.5, 0.6) is 0 Å². The van der Waals surface area contributed by atoms with Gasteiger partial charge in [-0.3, -0.25) is 19.3 Å². The van der Waals surface area contributed by atoms with Gasteiger partial charge in [0.25, 0.3) is 11.8 Å². The van der Waals surface area contributed by atoms with Crippen molar-refractivity contribution in [2.45, 2.75) is 13.8 Å². The molecule has 0 spiro atoms. The maximum atomic E-state index is 12.8. The van der Waals surface area contributed by atoms with Crippen LogP contribution < -0.4 is 5.32 Å². The van der Waals surface area contributed by atoms with Crippen molar-refractivity contribution in [3.8, 4) is 5.82 Å². The summed E-state index contributed by atoms with van der Waals surface area (Å²) in [6.07, 6.45) is 0. The van der Waals surface area contributed by atoms with Gasteiger partial charge in [0.05, 0.1) is 22.3 Å². The number of carbonyl (C=O) groups excluding carboxylic acids is 3. The molecule has 4 aromatic rings. The van der Waals surface area contributed by atoms with E-state index in [1.165, 1.54) is 0 Å². The third kappa shape index (κ3) is 3.22. The van der Waals surface area contributed by atoms with Crippen molar-refractivity contribution in [2.24, 2.45) is 0 Å². The molecule has 0 bridgehead atoms. The van der Waals surface area contributed by atoms with Crippen molar-refractivity contribution in [3.05, 3.63) is 83.0 Å². The summed E-state index contributed by atoms with van der Waals surface area (Å²) in [5, 5.41) is 8.27. The highest BCUT2D eigenvalue weighted by atomic mass is 16.2. The van der Waals surface area contributed by atoms with Crippen LogP contribution in [0.25, 0.3) is 16.7 Å². The number of amides is 3. The summed E-state index contributed by atoms with van der Waals surface area (Å²) in [5.41, 5.74) is 3.15. The standard InChI is InChI=1S/C24H19N5O3/c1-14-11-20(25-19-10-6-5-7-16(14)19)29-21(12-15(2)27-29)26-22(30)13-28-23(31)17-8-3-4-9-18(17)24(28)32/h3-12H,13H2,1-2H3,(H,26,30). The summed E-state index contributed by atoms with van der Waals surface area (Å²) in [6, 6.07) is 17.9. The summed E-state index contributed by atoms with van der Waals surface area (Å²) in [7, 11) is 0. The zero-order valence-electron chi connectivity index (χ0n) is 17.5. The van der Waals surface area contributed by atoms with Crippen LogP contribution in [-0.2, 0) is 4.79 Å². The van der Waals surface area contributed by atoms with Gasteiger partial charge in [0.1, 0.15) is 12.4 Å². The number of carbonyl (C=O) groups is 3. The third-order valence-electron chi connectivity index (χ3n) is 5.41. The number of para-hydroxylation sites is 1. The molecule has 5 rings (SSSR count). The molecule has 2 aromatic heterocycles. The molecule has 0 radical (unpaired) electrons. The van der Waals surface area contributed by atoms with E-state index in [9.17, 15) is 14.4 Å². The van der Waals surface area contributed by atoms with Crippen LogP contribution in [0.15, 0.2) is 60.7 Å². The highest BCUT2D eigenvalue weighted by Gasteiger charge is 2.36. The van der Waals surface area contributed by atoms with Crippen molar-refractivity contribution in [1.82, 2.24) is 19.7 Å². The number of hydrogen-bond acceptors (Lipinski definition) is 5. The van der Waals surface area contributed by atoms with Crippen molar-refractivity contribution in [2.75, 3.05) is 11.9 Å². The number of hydrogen-bond donors (Lipinski definition) is 1. The first-order chi connectivity index (χ1) is 15.4. The van der Waals surface area contributed by atoms with Gasteiger partial charge in [-0.2, -0.15) is 9.78 Å². The molecule has 3 amide bonds. The average molecular weight is 425 g/mol. The van der Waals surface area contributed by atoms with Gasteiger partial charge < -0.3 is 5.32 Å². The third-order valence-corrected chi connectivity index (χ3v) is 5.41. The minimum absolute atomic E-state index is 0.307. The molecular weight excluding hydrogens is 406 g/mol. The Kier molecular flexibility index (Phi) is 4.55. The van der Waals surface area contributed by atoms with E-state index in [0.29, 0.717) is 28.5 Å². The van der Waals surface area contributed by atoms with Crippen LogP contribution in [0, 0.1) is 13.8 Å². The first-order valence-electron chi connectivity index (χ1n) is 10.1. The van der Waals surface area contributed by atoms with E-state index < -0.39 is 17.7 Å². The van der Waals surface area contributed by atoms with Crippen molar-refractivity contribution >= 4 is 34.4 Å². The Morgan fingerprint density at radius 3 is 2.31 bits per heavy atom. The van der Waals surface area contributed by atoms with E-state index >= 15 is 0 Å². The molecule has 32 heavy (non-hydrogen) atoms. The van der Waals surface area contributed by atoms with E-state index in [-0.39, 0.29) is 6.54 Å². The lowest BCUT2D eigenvalue weighted by molar-refractivity contribution is -0.116. The molecule has 0 saturated carbocycles. The van der Waals surface area contributed by atoms with Gasteiger partial charge in [0.2, 0.25) is 5.91 Å². The Hall–Kier alpha value is -4.33. The Bertz CT molecular complexity index is 1390. The average Bonchev–Trinajstić information content (AvgIpc) is 3.26. The molecule has 1 N–H and O–H groups in total. The number of fused-ring (bicyclic) bond motifs is 2. The molecule has 0 atom stereocenters. The van der Waals surface area contributed by atoms with Crippen molar-refractivity contribution < 1.29 is 14.4 Å². The monoisotopic (exact) mass is 425 g/mol. The van der Waals surface area contributed by atoms with Crippen molar-refractivity contribution in [1.29, 1.82) is 0 Å². The molecule has 8 heteroatoms. The fourth-order valence-corrected chi connectivity index (χ4v) is 3.91. The number of aromatic nitrogens is 3. The fraction of sp³-hybridized carbons (Fsp3) is 0.125. The topological polar surface area (TPSA) is 97.2 Å². The Labute approximate surface area is 183 Å². The summed E-state index contributed by atoms with van der Waals surface area (Å²) >= 11 is 0. The van der Waals surface area contributed by atoms with Gasteiger partial charge in [0.15, 0.2) is 5.82 Å². The summed E-state index contributed by atoms with van der Waals surface area (Å²) < 4.78 is 1.55. The minimum Gasteiger partial charge on any atom is -0.309 e. The van der Waals surface area contributed by atoms with Gasteiger partial charge in [-0.15, -0.1) is 0 Å². The summed E-state index contributed by atoms with van der Waals surface area (Å²) in [5.74, 6) is -0.482. The maximum absolute atomic E-state index is 12.8. The van der Waals surface area contributed by atoms with Crippen LogP contribution in [0.3, 0.4) is 0 Å². The first kappa shape index (κ1) is 19.6. The number of nitrogens with zero attached hydrogens (tertiary/aromatic N) is 4. The number of aryl methyl sites for hydroxylation is 2. The Morgan fingerprint density at radius 1 is 0.938 bits per heavy atom. The number of anilines is 1. The molecule has 1 aliphatic rings. The number of rotatable bonds is 4. The molecule has 0 unspecified atom stereocenters. The molecule has 158 valence electrons. The predicted molar refractivity (Wildman–Crippen MR) is 119 cm³/mol. The minimum atomic E-state index is -0.502. The van der Waals surface area contributed by atoms with Crippen LogP contribution in [0.4, 0.5) is 5.82 Å². The first-order valence-corrected chi connectivity index (χ1v) is 10.1. The van der Waals surface area contributed by atoms with E-state index in [1.807, 2.05) is 44.2 Å². The van der Waals surface area contributed by atoms with Gasteiger partial charge in [-0.25, -0.2) is 4.98 Å². The molecule has 0 aliphatic carbocycles.